The molecular formula is C9H20N2O3S. The lowest BCUT2D eigenvalue weighted by molar-refractivity contribution is -0.120. The first kappa shape index (κ1) is 14.4. The van der Waals surface area contributed by atoms with Gasteiger partial charge in [0, 0.05) is 25.3 Å². The minimum atomic E-state index is -3.07. The standard InChI is InChI=1S/C9H20N2O3S/c1-7(2)8(10)6-11-9(12)4-5-15(3,13)14/h7-8H,4-6,10H2,1-3H3,(H,11,12). The van der Waals surface area contributed by atoms with Crippen molar-refractivity contribution in [1.29, 1.82) is 0 Å². The Balaban J connectivity index is 3.77. The van der Waals surface area contributed by atoms with E-state index in [0.717, 1.165) is 6.26 Å². The van der Waals surface area contributed by atoms with Crippen LogP contribution in [0.5, 0.6) is 0 Å². The van der Waals surface area contributed by atoms with Gasteiger partial charge in [0.25, 0.3) is 0 Å². The van der Waals surface area contributed by atoms with Crippen LogP contribution in [-0.2, 0) is 14.6 Å². The lowest BCUT2D eigenvalue weighted by Gasteiger charge is -2.15. The molecule has 0 fully saturated rings. The number of carbonyl (C=O) groups is 1. The molecule has 5 nitrogen and oxygen atoms in total. The topological polar surface area (TPSA) is 89.3 Å². The maximum Gasteiger partial charge on any atom is 0.221 e. The van der Waals surface area contributed by atoms with Crippen LogP contribution in [0.25, 0.3) is 0 Å². The second-order valence-corrected chi connectivity index (χ2v) is 6.35. The molecule has 0 saturated heterocycles. The van der Waals surface area contributed by atoms with E-state index < -0.39 is 9.84 Å². The molecule has 0 bridgehead atoms. The Morgan fingerprint density at radius 3 is 2.33 bits per heavy atom. The fraction of sp³-hybridized carbons (Fsp3) is 0.889. The summed E-state index contributed by atoms with van der Waals surface area (Å²) in [6, 6.07) is -0.0906. The molecule has 0 rings (SSSR count). The third-order valence-electron chi connectivity index (χ3n) is 2.09. The predicted molar refractivity (Wildman–Crippen MR) is 60.2 cm³/mol. The van der Waals surface area contributed by atoms with E-state index in [0.29, 0.717) is 12.5 Å². The van der Waals surface area contributed by atoms with Crippen LogP contribution < -0.4 is 11.1 Å². The summed E-state index contributed by atoms with van der Waals surface area (Å²) in [7, 11) is -3.07. The van der Waals surface area contributed by atoms with E-state index >= 15 is 0 Å². The third-order valence-corrected chi connectivity index (χ3v) is 3.04. The van der Waals surface area contributed by atoms with Gasteiger partial charge in [-0.15, -0.1) is 0 Å². The fourth-order valence-electron chi connectivity index (χ4n) is 0.834. The average molecular weight is 236 g/mol. The van der Waals surface area contributed by atoms with Gasteiger partial charge in [0.15, 0.2) is 0 Å². The zero-order valence-corrected chi connectivity index (χ0v) is 10.3. The van der Waals surface area contributed by atoms with E-state index in [1.165, 1.54) is 0 Å². The number of hydrogen-bond donors (Lipinski definition) is 2. The first-order chi connectivity index (χ1) is 6.72. The Hall–Kier alpha value is -0.620. The van der Waals surface area contributed by atoms with E-state index in [2.05, 4.69) is 5.32 Å². The molecule has 90 valence electrons. The predicted octanol–water partition coefficient (Wildman–Crippen LogP) is -0.479. The van der Waals surface area contributed by atoms with Gasteiger partial charge < -0.3 is 11.1 Å². The minimum absolute atomic E-state index is 0.00362. The summed E-state index contributed by atoms with van der Waals surface area (Å²) >= 11 is 0. The zero-order valence-electron chi connectivity index (χ0n) is 9.49. The number of amides is 1. The molecule has 0 aliphatic heterocycles. The van der Waals surface area contributed by atoms with Crippen LogP contribution in [0.2, 0.25) is 0 Å². The van der Waals surface area contributed by atoms with Crippen LogP contribution in [0.15, 0.2) is 0 Å². The molecule has 0 saturated carbocycles. The normalized spacial score (nSPS) is 13.9. The summed E-state index contributed by atoms with van der Waals surface area (Å²) in [5, 5.41) is 2.61. The monoisotopic (exact) mass is 236 g/mol. The summed E-state index contributed by atoms with van der Waals surface area (Å²) in [6.45, 7) is 4.32. The Labute approximate surface area is 91.3 Å². The van der Waals surface area contributed by atoms with E-state index in [4.69, 9.17) is 5.73 Å². The van der Waals surface area contributed by atoms with E-state index in [1.807, 2.05) is 13.8 Å². The maximum absolute atomic E-state index is 11.2. The fourth-order valence-corrected chi connectivity index (χ4v) is 1.39. The van der Waals surface area contributed by atoms with Gasteiger partial charge in [-0.3, -0.25) is 4.79 Å². The molecule has 1 atom stereocenters. The molecule has 3 N–H and O–H groups in total. The number of nitrogens with one attached hydrogen (secondary N) is 1. The van der Waals surface area contributed by atoms with Crippen molar-refractivity contribution in [2.45, 2.75) is 26.3 Å². The Morgan fingerprint density at radius 1 is 1.40 bits per heavy atom. The number of rotatable bonds is 6. The van der Waals surface area contributed by atoms with Gasteiger partial charge in [-0.05, 0) is 5.92 Å². The van der Waals surface area contributed by atoms with Crippen molar-refractivity contribution in [3.63, 3.8) is 0 Å². The van der Waals surface area contributed by atoms with Crippen molar-refractivity contribution >= 4 is 15.7 Å². The number of nitrogens with two attached hydrogens (primary N) is 1. The summed E-state index contributed by atoms with van der Waals surface area (Å²) in [6.07, 6.45) is 1.11. The molecule has 0 aromatic rings. The SMILES string of the molecule is CC(C)C(N)CNC(=O)CCS(C)(=O)=O. The minimum Gasteiger partial charge on any atom is -0.355 e. The van der Waals surface area contributed by atoms with E-state index in [-0.39, 0.29) is 24.1 Å². The lowest BCUT2D eigenvalue weighted by Crippen LogP contribution is -2.40. The quantitative estimate of drug-likeness (QED) is 0.652. The highest BCUT2D eigenvalue weighted by atomic mass is 32.2. The van der Waals surface area contributed by atoms with Gasteiger partial charge in [-0.2, -0.15) is 0 Å². The van der Waals surface area contributed by atoms with Crippen LogP contribution >= 0.6 is 0 Å². The van der Waals surface area contributed by atoms with Gasteiger partial charge in [-0.25, -0.2) is 8.42 Å². The first-order valence-corrected chi connectivity index (χ1v) is 6.98. The summed E-state index contributed by atoms with van der Waals surface area (Å²) < 4.78 is 21.6. The highest BCUT2D eigenvalue weighted by Gasteiger charge is 2.11. The van der Waals surface area contributed by atoms with Crippen molar-refractivity contribution in [1.82, 2.24) is 5.32 Å². The molecule has 6 heteroatoms. The largest absolute Gasteiger partial charge is 0.355 e. The Morgan fingerprint density at radius 2 is 1.93 bits per heavy atom. The van der Waals surface area contributed by atoms with Crippen molar-refractivity contribution in [3.8, 4) is 0 Å². The Kier molecular flexibility index (Phi) is 5.82. The Bertz CT molecular complexity index is 298. The van der Waals surface area contributed by atoms with Gasteiger partial charge in [0.2, 0.25) is 5.91 Å². The second-order valence-electron chi connectivity index (χ2n) is 4.09. The first-order valence-electron chi connectivity index (χ1n) is 4.92. The van der Waals surface area contributed by atoms with Gasteiger partial charge in [-0.1, -0.05) is 13.8 Å². The van der Waals surface area contributed by atoms with E-state index in [9.17, 15) is 13.2 Å². The van der Waals surface area contributed by atoms with Gasteiger partial charge in [0.05, 0.1) is 5.75 Å². The zero-order chi connectivity index (χ0) is 12.1. The molecule has 0 aromatic heterocycles. The highest BCUT2D eigenvalue weighted by molar-refractivity contribution is 7.90. The summed E-state index contributed by atoms with van der Waals surface area (Å²) in [5.74, 6) is -0.0906. The summed E-state index contributed by atoms with van der Waals surface area (Å²) in [4.78, 5) is 11.2. The number of sulfone groups is 1. The van der Waals surface area contributed by atoms with Crippen LogP contribution in [0.1, 0.15) is 20.3 Å². The number of carbonyl (C=O) groups excluding carboxylic acids is 1. The molecule has 0 aliphatic rings. The molecule has 1 unspecified atom stereocenters. The molecule has 0 aliphatic carbocycles. The van der Waals surface area contributed by atoms with Crippen LogP contribution in [0, 0.1) is 5.92 Å². The maximum atomic E-state index is 11.2. The molecule has 1 amide bonds. The molecule has 0 radical (unpaired) electrons. The van der Waals surface area contributed by atoms with Crippen molar-refractivity contribution in [3.05, 3.63) is 0 Å². The van der Waals surface area contributed by atoms with Crippen molar-refractivity contribution in [2.75, 3.05) is 18.6 Å². The second kappa shape index (κ2) is 6.07. The molecule has 0 spiro atoms. The van der Waals surface area contributed by atoms with Crippen molar-refractivity contribution in [2.24, 2.45) is 11.7 Å². The lowest BCUT2D eigenvalue weighted by atomic mass is 10.1. The van der Waals surface area contributed by atoms with Gasteiger partial charge >= 0.3 is 0 Å². The highest BCUT2D eigenvalue weighted by Crippen LogP contribution is 1.96. The molecular weight excluding hydrogens is 216 g/mol. The van der Waals surface area contributed by atoms with Crippen LogP contribution in [0.4, 0.5) is 0 Å². The molecule has 15 heavy (non-hydrogen) atoms. The van der Waals surface area contributed by atoms with E-state index in [1.54, 1.807) is 0 Å². The van der Waals surface area contributed by atoms with Crippen LogP contribution in [0.3, 0.4) is 0 Å². The van der Waals surface area contributed by atoms with Crippen LogP contribution in [-0.4, -0.2) is 38.9 Å². The smallest absolute Gasteiger partial charge is 0.221 e. The average Bonchev–Trinajstić information content (AvgIpc) is 2.09. The summed E-state index contributed by atoms with van der Waals surface area (Å²) in [5.41, 5.74) is 5.71. The molecule has 0 heterocycles. The van der Waals surface area contributed by atoms with Gasteiger partial charge in [0.1, 0.15) is 9.84 Å². The molecule has 0 aromatic carbocycles. The number of hydrogen-bond acceptors (Lipinski definition) is 4. The van der Waals surface area contributed by atoms with Crippen molar-refractivity contribution < 1.29 is 13.2 Å². The third kappa shape index (κ3) is 8.38.